The highest BCUT2D eigenvalue weighted by atomic mass is 16.5. The van der Waals surface area contributed by atoms with Gasteiger partial charge in [-0.15, -0.1) is 0 Å². The van der Waals surface area contributed by atoms with Gasteiger partial charge in [0.2, 0.25) is 5.91 Å². The molecule has 0 atom stereocenters. The van der Waals surface area contributed by atoms with Crippen LogP contribution in [0.5, 0.6) is 11.5 Å². The molecule has 0 unspecified atom stereocenters. The van der Waals surface area contributed by atoms with Crippen molar-refractivity contribution >= 4 is 29.7 Å². The molecule has 29 heavy (non-hydrogen) atoms. The third-order valence-corrected chi connectivity index (χ3v) is 4.20. The van der Waals surface area contributed by atoms with Gasteiger partial charge in [0.05, 0.1) is 32.1 Å². The fourth-order valence-electron chi connectivity index (χ4n) is 2.68. The van der Waals surface area contributed by atoms with E-state index in [1.165, 1.54) is 6.92 Å². The van der Waals surface area contributed by atoms with Crippen LogP contribution < -0.4 is 14.8 Å². The molecule has 2 rings (SSSR count). The smallest absolute Gasteiger partial charge is 0.340 e. The predicted molar refractivity (Wildman–Crippen MR) is 114 cm³/mol. The normalized spacial score (nSPS) is 10.6. The summed E-state index contributed by atoms with van der Waals surface area (Å²) in [4.78, 5) is 24.0. The van der Waals surface area contributed by atoms with Crippen LogP contribution in [0.25, 0.3) is 12.2 Å². The second-order valence-corrected chi connectivity index (χ2v) is 6.42. The Bertz CT molecular complexity index is 889. The second kappa shape index (κ2) is 10.9. The second-order valence-electron chi connectivity index (χ2n) is 6.42. The Morgan fingerprint density at radius 2 is 1.83 bits per heavy atom. The number of benzene rings is 2. The molecular weight excluding hydrogens is 370 g/mol. The third-order valence-electron chi connectivity index (χ3n) is 4.20. The highest BCUT2D eigenvalue weighted by molar-refractivity contribution is 6.01. The van der Waals surface area contributed by atoms with E-state index in [-0.39, 0.29) is 5.91 Å². The summed E-state index contributed by atoms with van der Waals surface area (Å²) in [6.45, 7) is 3.76. The molecule has 0 radical (unpaired) electrons. The van der Waals surface area contributed by atoms with Gasteiger partial charge in [-0.1, -0.05) is 31.6 Å². The first-order valence-corrected chi connectivity index (χ1v) is 9.47. The fraction of sp³-hybridized carbons (Fsp3) is 0.304. The van der Waals surface area contributed by atoms with Crippen LogP contribution in [0.15, 0.2) is 36.4 Å². The molecule has 1 N–H and O–H groups in total. The number of esters is 1. The first-order valence-electron chi connectivity index (χ1n) is 9.47. The van der Waals surface area contributed by atoms with Gasteiger partial charge >= 0.3 is 5.97 Å². The fourth-order valence-corrected chi connectivity index (χ4v) is 2.68. The van der Waals surface area contributed by atoms with E-state index in [1.54, 1.807) is 26.4 Å². The van der Waals surface area contributed by atoms with Crippen molar-refractivity contribution in [1.29, 1.82) is 0 Å². The molecular formula is C23H27NO5. The summed E-state index contributed by atoms with van der Waals surface area (Å²) in [7, 11) is 3.21. The molecule has 0 saturated carbocycles. The minimum atomic E-state index is -0.462. The van der Waals surface area contributed by atoms with E-state index in [0.717, 1.165) is 24.0 Å². The van der Waals surface area contributed by atoms with Gasteiger partial charge in [0.25, 0.3) is 0 Å². The Balaban J connectivity index is 2.33. The van der Waals surface area contributed by atoms with Gasteiger partial charge < -0.3 is 19.5 Å². The van der Waals surface area contributed by atoms with E-state index in [0.29, 0.717) is 29.4 Å². The van der Waals surface area contributed by atoms with Crippen molar-refractivity contribution in [3.8, 4) is 11.5 Å². The first kappa shape index (κ1) is 22.0. The number of amides is 1. The van der Waals surface area contributed by atoms with Gasteiger partial charge in [-0.25, -0.2) is 4.79 Å². The van der Waals surface area contributed by atoms with Gasteiger partial charge in [-0.3, -0.25) is 4.79 Å². The van der Waals surface area contributed by atoms with Crippen molar-refractivity contribution in [3.63, 3.8) is 0 Å². The number of anilines is 1. The van der Waals surface area contributed by atoms with E-state index < -0.39 is 5.97 Å². The molecule has 0 fully saturated rings. The SMILES string of the molecule is CCCCOC(=O)c1cc(C=Cc2cc(OC)ccc2OC)ccc1NC(C)=O. The Morgan fingerprint density at radius 3 is 2.48 bits per heavy atom. The monoisotopic (exact) mass is 397 g/mol. The summed E-state index contributed by atoms with van der Waals surface area (Å²) in [5, 5.41) is 2.68. The van der Waals surface area contributed by atoms with Crippen LogP contribution in [0.2, 0.25) is 0 Å². The minimum Gasteiger partial charge on any atom is -0.497 e. The zero-order valence-corrected chi connectivity index (χ0v) is 17.3. The molecule has 0 saturated heterocycles. The summed E-state index contributed by atoms with van der Waals surface area (Å²) in [6.07, 6.45) is 5.45. The van der Waals surface area contributed by atoms with Gasteiger partial charge in [0, 0.05) is 12.5 Å². The molecule has 0 aliphatic rings. The van der Waals surface area contributed by atoms with Crippen molar-refractivity contribution in [2.45, 2.75) is 26.7 Å². The number of methoxy groups -OCH3 is 2. The average molecular weight is 397 g/mol. The first-order chi connectivity index (χ1) is 14.0. The number of rotatable bonds is 9. The molecule has 0 aliphatic carbocycles. The lowest BCUT2D eigenvalue weighted by Gasteiger charge is -2.11. The largest absolute Gasteiger partial charge is 0.497 e. The van der Waals surface area contributed by atoms with E-state index in [4.69, 9.17) is 14.2 Å². The number of hydrogen-bond acceptors (Lipinski definition) is 5. The summed E-state index contributed by atoms with van der Waals surface area (Å²) < 4.78 is 16.0. The summed E-state index contributed by atoms with van der Waals surface area (Å²) in [6, 6.07) is 10.7. The predicted octanol–water partition coefficient (Wildman–Crippen LogP) is 4.79. The Morgan fingerprint density at radius 1 is 1.03 bits per heavy atom. The standard InChI is InChI=1S/C23H27NO5/c1-5-6-13-29-23(26)20-14-17(8-11-21(20)24-16(2)25)7-9-18-15-19(27-3)10-12-22(18)28-4/h7-12,14-15H,5-6,13H2,1-4H3,(H,24,25). The van der Waals surface area contributed by atoms with Crippen molar-refractivity contribution in [3.05, 3.63) is 53.1 Å². The molecule has 6 nitrogen and oxygen atoms in total. The lowest BCUT2D eigenvalue weighted by molar-refractivity contribution is -0.114. The van der Waals surface area contributed by atoms with Gasteiger partial charge in [-0.05, 0) is 42.3 Å². The lowest BCUT2D eigenvalue weighted by Crippen LogP contribution is -2.13. The maximum atomic E-state index is 12.5. The Labute approximate surface area is 171 Å². The third kappa shape index (κ3) is 6.38. The van der Waals surface area contributed by atoms with Crippen molar-refractivity contribution in [2.24, 2.45) is 0 Å². The summed E-state index contributed by atoms with van der Waals surface area (Å²) in [5.41, 5.74) is 2.36. The average Bonchev–Trinajstić information content (AvgIpc) is 2.72. The summed E-state index contributed by atoms with van der Waals surface area (Å²) in [5.74, 6) is 0.705. The number of hydrogen-bond donors (Lipinski definition) is 1. The van der Waals surface area contributed by atoms with Crippen LogP contribution in [0.4, 0.5) is 5.69 Å². The van der Waals surface area contributed by atoms with Crippen molar-refractivity contribution in [1.82, 2.24) is 0 Å². The highest BCUT2D eigenvalue weighted by Crippen LogP contribution is 2.27. The van der Waals surface area contributed by atoms with Gasteiger partial charge in [0.1, 0.15) is 11.5 Å². The number of carbonyl (C=O) groups is 2. The Hall–Kier alpha value is -3.28. The quantitative estimate of drug-likeness (QED) is 0.374. The maximum absolute atomic E-state index is 12.5. The number of nitrogens with one attached hydrogen (secondary N) is 1. The molecule has 154 valence electrons. The molecule has 6 heteroatoms. The maximum Gasteiger partial charge on any atom is 0.340 e. The van der Waals surface area contributed by atoms with E-state index in [9.17, 15) is 9.59 Å². The number of unbranched alkanes of at least 4 members (excludes halogenated alkanes) is 1. The van der Waals surface area contributed by atoms with E-state index in [2.05, 4.69) is 5.32 Å². The van der Waals surface area contributed by atoms with Crippen LogP contribution in [-0.4, -0.2) is 32.7 Å². The molecule has 1 amide bonds. The molecule has 0 heterocycles. The molecule has 2 aromatic carbocycles. The van der Waals surface area contributed by atoms with Crippen LogP contribution >= 0.6 is 0 Å². The van der Waals surface area contributed by atoms with E-state index in [1.807, 2.05) is 43.3 Å². The Kier molecular flexibility index (Phi) is 8.27. The van der Waals surface area contributed by atoms with Gasteiger partial charge in [-0.2, -0.15) is 0 Å². The van der Waals surface area contributed by atoms with Crippen molar-refractivity contribution < 1.29 is 23.8 Å². The molecule has 2 aromatic rings. The summed E-state index contributed by atoms with van der Waals surface area (Å²) >= 11 is 0. The zero-order chi connectivity index (χ0) is 21.2. The van der Waals surface area contributed by atoms with E-state index >= 15 is 0 Å². The van der Waals surface area contributed by atoms with Gasteiger partial charge in [0.15, 0.2) is 0 Å². The zero-order valence-electron chi connectivity index (χ0n) is 17.3. The lowest BCUT2D eigenvalue weighted by atomic mass is 10.1. The van der Waals surface area contributed by atoms with Crippen LogP contribution in [0.3, 0.4) is 0 Å². The van der Waals surface area contributed by atoms with Crippen molar-refractivity contribution in [2.75, 3.05) is 26.1 Å². The molecule has 0 aromatic heterocycles. The molecule has 0 spiro atoms. The van der Waals surface area contributed by atoms with Crippen LogP contribution in [0.1, 0.15) is 48.2 Å². The number of carbonyl (C=O) groups excluding carboxylic acids is 2. The minimum absolute atomic E-state index is 0.253. The number of ether oxygens (including phenoxy) is 3. The van der Waals surface area contributed by atoms with Crippen LogP contribution in [0, 0.1) is 0 Å². The topological polar surface area (TPSA) is 73.9 Å². The molecule has 0 bridgehead atoms. The molecule has 0 aliphatic heterocycles. The highest BCUT2D eigenvalue weighted by Gasteiger charge is 2.14. The van der Waals surface area contributed by atoms with Crippen LogP contribution in [-0.2, 0) is 9.53 Å².